The van der Waals surface area contributed by atoms with Crippen LogP contribution in [0, 0.1) is 28.6 Å². The standard InChI is InChI=1S/C26H36O5/c1-15-13-20-21(24(5)10-7-19(14-23(15)24)30-17(3)28)8-11-25(6)22(20)9-12-26(25,16(2)27)31-18(4)29/h13-14,19-22H,7-12H2,1-6H3/t19-,20+,21-,22-,24-,25-,26-/m1/s1. The lowest BCUT2D eigenvalue weighted by Crippen LogP contribution is -2.58. The van der Waals surface area contributed by atoms with Gasteiger partial charge in [-0.1, -0.05) is 25.5 Å². The molecule has 0 N–H and O–H groups in total. The van der Waals surface area contributed by atoms with Crippen LogP contribution in [0.25, 0.3) is 0 Å². The van der Waals surface area contributed by atoms with Gasteiger partial charge in [-0.25, -0.2) is 0 Å². The maximum Gasteiger partial charge on any atom is 0.303 e. The molecule has 0 aromatic heterocycles. The molecule has 2 fully saturated rings. The highest BCUT2D eigenvalue weighted by Gasteiger charge is 2.67. The SMILES string of the molecule is CC(=O)O[C@H]1C=C2C(C)=C[C@H]3[C@@H](CC[C@]4(C)[C@@H]3CC[C@@]4(OC(C)=O)C(C)=O)[C@@]2(C)CC1. The van der Waals surface area contributed by atoms with E-state index in [0.717, 1.165) is 32.1 Å². The Balaban J connectivity index is 1.73. The first-order chi connectivity index (χ1) is 14.4. The second-order valence-electron chi connectivity index (χ2n) is 10.8. The van der Waals surface area contributed by atoms with Gasteiger partial charge in [-0.05, 0) is 87.2 Å². The fourth-order valence-corrected chi connectivity index (χ4v) is 7.92. The summed E-state index contributed by atoms with van der Waals surface area (Å²) in [5.41, 5.74) is 1.29. The predicted molar refractivity (Wildman–Crippen MR) is 117 cm³/mol. The first-order valence-electron chi connectivity index (χ1n) is 11.7. The van der Waals surface area contributed by atoms with E-state index >= 15 is 0 Å². The van der Waals surface area contributed by atoms with Crippen molar-refractivity contribution in [3.8, 4) is 0 Å². The van der Waals surface area contributed by atoms with Crippen molar-refractivity contribution < 1.29 is 23.9 Å². The minimum atomic E-state index is -1.000. The highest BCUT2D eigenvalue weighted by molar-refractivity contribution is 5.89. The van der Waals surface area contributed by atoms with Crippen molar-refractivity contribution >= 4 is 17.7 Å². The van der Waals surface area contributed by atoms with Gasteiger partial charge in [0.2, 0.25) is 0 Å². The van der Waals surface area contributed by atoms with Crippen LogP contribution in [-0.4, -0.2) is 29.4 Å². The maximum atomic E-state index is 12.9. The number of ether oxygens (including phenoxy) is 2. The van der Waals surface area contributed by atoms with E-state index in [1.165, 1.54) is 25.0 Å². The van der Waals surface area contributed by atoms with Gasteiger partial charge in [-0.15, -0.1) is 0 Å². The molecule has 5 nitrogen and oxygen atoms in total. The van der Waals surface area contributed by atoms with Crippen molar-refractivity contribution in [2.24, 2.45) is 28.6 Å². The summed E-state index contributed by atoms with van der Waals surface area (Å²) in [4.78, 5) is 36.3. The van der Waals surface area contributed by atoms with Crippen LogP contribution in [-0.2, 0) is 23.9 Å². The topological polar surface area (TPSA) is 69.7 Å². The Labute approximate surface area is 185 Å². The van der Waals surface area contributed by atoms with Crippen LogP contribution < -0.4 is 0 Å². The molecular formula is C26H36O5. The molecule has 7 atom stereocenters. The zero-order valence-corrected chi connectivity index (χ0v) is 19.7. The number of hydrogen-bond acceptors (Lipinski definition) is 5. The van der Waals surface area contributed by atoms with Crippen molar-refractivity contribution in [1.29, 1.82) is 0 Å². The molecule has 0 bridgehead atoms. The van der Waals surface area contributed by atoms with Crippen LogP contribution >= 0.6 is 0 Å². The summed E-state index contributed by atoms with van der Waals surface area (Å²) in [7, 11) is 0. The molecule has 0 saturated heterocycles. The summed E-state index contributed by atoms with van der Waals surface area (Å²) in [5.74, 6) is 0.550. The number of rotatable bonds is 3. The second kappa shape index (κ2) is 7.31. The molecule has 0 aromatic carbocycles. The third-order valence-electron chi connectivity index (χ3n) is 9.26. The zero-order chi connectivity index (χ0) is 22.8. The van der Waals surface area contributed by atoms with E-state index in [2.05, 4.69) is 32.9 Å². The summed E-state index contributed by atoms with van der Waals surface area (Å²) in [6, 6.07) is 0. The fraction of sp³-hybridized carbons (Fsp3) is 0.731. The number of Topliss-reactive ketones (excluding diaryl/α,β-unsaturated/α-hetero) is 1. The number of hydrogen-bond donors (Lipinski definition) is 0. The lowest BCUT2D eigenvalue weighted by atomic mass is 9.47. The molecule has 0 aliphatic heterocycles. The van der Waals surface area contributed by atoms with Crippen LogP contribution in [0.2, 0.25) is 0 Å². The van der Waals surface area contributed by atoms with E-state index in [9.17, 15) is 14.4 Å². The van der Waals surface area contributed by atoms with Crippen molar-refractivity contribution in [3.63, 3.8) is 0 Å². The van der Waals surface area contributed by atoms with E-state index in [1.54, 1.807) is 6.92 Å². The third kappa shape index (κ3) is 3.14. The van der Waals surface area contributed by atoms with Crippen molar-refractivity contribution in [3.05, 3.63) is 23.3 Å². The highest BCUT2D eigenvalue weighted by Crippen LogP contribution is 2.68. The summed E-state index contributed by atoms with van der Waals surface area (Å²) in [5, 5.41) is 0. The van der Waals surface area contributed by atoms with Crippen molar-refractivity contribution in [2.45, 2.75) is 91.8 Å². The molecular weight excluding hydrogens is 392 g/mol. The minimum absolute atomic E-state index is 0.0173. The summed E-state index contributed by atoms with van der Waals surface area (Å²) in [6.07, 6.45) is 9.69. The Morgan fingerprint density at radius 2 is 1.58 bits per heavy atom. The molecule has 170 valence electrons. The van der Waals surface area contributed by atoms with Gasteiger partial charge in [0, 0.05) is 19.3 Å². The third-order valence-corrected chi connectivity index (χ3v) is 9.26. The molecule has 0 amide bonds. The lowest BCUT2D eigenvalue weighted by Gasteiger charge is -2.58. The molecule has 5 heteroatoms. The second-order valence-corrected chi connectivity index (χ2v) is 10.8. The fourth-order valence-electron chi connectivity index (χ4n) is 7.92. The molecule has 0 aromatic rings. The molecule has 0 heterocycles. The average molecular weight is 429 g/mol. The maximum absolute atomic E-state index is 12.9. The number of ketones is 1. The smallest absolute Gasteiger partial charge is 0.303 e. The normalized spacial score (nSPS) is 43.5. The van der Waals surface area contributed by atoms with Crippen molar-refractivity contribution in [1.82, 2.24) is 0 Å². The van der Waals surface area contributed by atoms with Crippen LogP contribution in [0.5, 0.6) is 0 Å². The number of fused-ring (bicyclic) bond motifs is 5. The van der Waals surface area contributed by atoms with E-state index in [-0.39, 0.29) is 34.7 Å². The van der Waals surface area contributed by atoms with Gasteiger partial charge in [-0.3, -0.25) is 14.4 Å². The Kier molecular flexibility index (Phi) is 5.26. The van der Waals surface area contributed by atoms with Crippen LogP contribution in [0.4, 0.5) is 0 Å². The molecule has 0 radical (unpaired) electrons. The molecule has 0 unspecified atom stereocenters. The average Bonchev–Trinajstić information content (AvgIpc) is 2.96. The van der Waals surface area contributed by atoms with E-state index in [0.29, 0.717) is 24.2 Å². The number of carbonyl (C=O) groups excluding carboxylic acids is 3. The highest BCUT2D eigenvalue weighted by atomic mass is 16.6. The zero-order valence-electron chi connectivity index (χ0n) is 19.7. The lowest BCUT2D eigenvalue weighted by molar-refractivity contribution is -0.185. The van der Waals surface area contributed by atoms with Crippen LogP contribution in [0.15, 0.2) is 23.3 Å². The molecule has 2 saturated carbocycles. The summed E-state index contributed by atoms with van der Waals surface area (Å²) < 4.78 is 11.4. The van der Waals surface area contributed by atoms with Crippen LogP contribution in [0.1, 0.15) is 80.1 Å². The Bertz CT molecular complexity index is 884. The molecule has 4 rings (SSSR count). The quantitative estimate of drug-likeness (QED) is 0.596. The van der Waals surface area contributed by atoms with Gasteiger partial charge in [0.25, 0.3) is 0 Å². The van der Waals surface area contributed by atoms with E-state index in [1.807, 2.05) is 0 Å². The Morgan fingerprint density at radius 1 is 0.903 bits per heavy atom. The van der Waals surface area contributed by atoms with Crippen molar-refractivity contribution in [2.75, 3.05) is 0 Å². The molecule has 0 spiro atoms. The van der Waals surface area contributed by atoms with Gasteiger partial charge in [-0.2, -0.15) is 0 Å². The predicted octanol–water partition coefficient (Wildman–Crippen LogP) is 4.94. The van der Waals surface area contributed by atoms with Gasteiger partial charge in [0.15, 0.2) is 11.4 Å². The largest absolute Gasteiger partial charge is 0.458 e. The molecule has 4 aliphatic rings. The number of allylic oxidation sites excluding steroid dienone is 3. The molecule has 4 aliphatic carbocycles. The van der Waals surface area contributed by atoms with Gasteiger partial charge in [0.05, 0.1) is 0 Å². The van der Waals surface area contributed by atoms with Gasteiger partial charge < -0.3 is 9.47 Å². The number of esters is 2. The van der Waals surface area contributed by atoms with Crippen LogP contribution in [0.3, 0.4) is 0 Å². The summed E-state index contributed by atoms with van der Waals surface area (Å²) >= 11 is 0. The van der Waals surface area contributed by atoms with E-state index in [4.69, 9.17) is 9.47 Å². The van der Waals surface area contributed by atoms with E-state index < -0.39 is 5.60 Å². The van der Waals surface area contributed by atoms with Gasteiger partial charge >= 0.3 is 11.9 Å². The monoisotopic (exact) mass is 428 g/mol. The Morgan fingerprint density at radius 3 is 2.19 bits per heavy atom. The first-order valence-corrected chi connectivity index (χ1v) is 11.7. The molecule has 31 heavy (non-hydrogen) atoms. The van der Waals surface area contributed by atoms with Gasteiger partial charge in [0.1, 0.15) is 6.10 Å². The first kappa shape index (κ1) is 22.3. The number of carbonyl (C=O) groups is 3. The minimum Gasteiger partial charge on any atom is -0.458 e. The summed E-state index contributed by atoms with van der Waals surface area (Å²) in [6.45, 7) is 11.2. The Hall–Kier alpha value is -1.91.